The maximum atomic E-state index is 14.8. The van der Waals surface area contributed by atoms with Gasteiger partial charge in [-0.2, -0.15) is 0 Å². The van der Waals surface area contributed by atoms with Crippen molar-refractivity contribution in [3.63, 3.8) is 0 Å². The largest absolute Gasteiger partial charge is 0.545 e. The molecule has 0 N–H and O–H groups in total. The lowest BCUT2D eigenvalue weighted by atomic mass is 9.74. The van der Waals surface area contributed by atoms with Gasteiger partial charge in [0.05, 0.1) is 55.0 Å². The summed E-state index contributed by atoms with van der Waals surface area (Å²) in [7, 11) is -4.30. The topological polar surface area (TPSA) is 129 Å². The fourth-order valence-corrected chi connectivity index (χ4v) is 14.9. The van der Waals surface area contributed by atoms with E-state index < -0.39 is 54.2 Å². The predicted octanol–water partition coefficient (Wildman–Crippen LogP) is 5.96. The van der Waals surface area contributed by atoms with Crippen LogP contribution in [0.4, 0.5) is 10.5 Å². The Hall–Kier alpha value is -3.84. The van der Waals surface area contributed by atoms with Gasteiger partial charge in [0.25, 0.3) is 18.3 Å². The van der Waals surface area contributed by atoms with Gasteiger partial charge in [0.2, 0.25) is 5.91 Å². The van der Waals surface area contributed by atoms with Gasteiger partial charge >= 0.3 is 12.1 Å². The van der Waals surface area contributed by atoms with Crippen molar-refractivity contribution in [2.45, 2.75) is 75.5 Å². The molecule has 13 heteroatoms. The fourth-order valence-electron chi connectivity index (χ4n) is 7.88. The maximum Gasteiger partial charge on any atom is 0.416 e. The number of amides is 2. The molecule has 1 saturated heterocycles. The number of carbonyl (C=O) groups excluding carboxylic acids is 3. The summed E-state index contributed by atoms with van der Waals surface area (Å²) < 4.78 is 53.7. The summed E-state index contributed by atoms with van der Waals surface area (Å²) in [6, 6.07) is 11.8. The van der Waals surface area contributed by atoms with Crippen LogP contribution in [0.1, 0.15) is 53.5 Å². The molecule has 0 unspecified atom stereocenters. The Morgan fingerprint density at radius 3 is 2.09 bits per heavy atom. The molecule has 2 heterocycles. The molecule has 2 aromatic rings. The van der Waals surface area contributed by atoms with Crippen LogP contribution in [0.2, 0.25) is 16.6 Å². The molecule has 0 spiro atoms. The minimum Gasteiger partial charge on any atom is -0.545 e. The quantitative estimate of drug-likeness (QED) is 0.220. The first-order valence-corrected chi connectivity index (χ1v) is 19.6. The first-order valence-electron chi connectivity index (χ1n) is 16.0. The summed E-state index contributed by atoms with van der Waals surface area (Å²) in [5.74, 6) is -2.90. The Balaban J connectivity index is 1.83. The lowest BCUT2D eigenvalue weighted by molar-refractivity contribution is -0.152. The average molecular weight is 685 g/mol. The number of cyclic esters (lactones) is 1. The number of allylic oxidation sites excluding steroid dienone is 1. The molecule has 2 amide bonds. The predicted molar refractivity (Wildman–Crippen MR) is 179 cm³/mol. The lowest BCUT2D eigenvalue weighted by Gasteiger charge is -2.46. The Labute approximate surface area is 278 Å². The van der Waals surface area contributed by atoms with E-state index in [-0.39, 0.29) is 41.1 Å². The van der Waals surface area contributed by atoms with Gasteiger partial charge < -0.3 is 18.6 Å². The van der Waals surface area contributed by atoms with Gasteiger partial charge in [-0.15, -0.1) is 0 Å². The van der Waals surface area contributed by atoms with Crippen LogP contribution < -0.4 is 9.04 Å². The van der Waals surface area contributed by atoms with E-state index in [4.69, 9.17) is 18.6 Å². The van der Waals surface area contributed by atoms with E-state index in [1.54, 1.807) is 24.3 Å². The van der Waals surface area contributed by atoms with Crippen LogP contribution in [-0.4, -0.2) is 73.0 Å². The van der Waals surface area contributed by atoms with Crippen LogP contribution in [0.25, 0.3) is 5.57 Å². The van der Waals surface area contributed by atoms with Crippen LogP contribution in [0.3, 0.4) is 0 Å². The van der Waals surface area contributed by atoms with Crippen molar-refractivity contribution in [1.82, 2.24) is 4.90 Å². The van der Waals surface area contributed by atoms with Gasteiger partial charge in [0, 0.05) is 17.6 Å². The van der Waals surface area contributed by atoms with E-state index in [1.807, 2.05) is 12.1 Å². The number of carbonyl (C=O) groups is 3. The second-order valence-corrected chi connectivity index (χ2v) is 20.3. The van der Waals surface area contributed by atoms with Crippen molar-refractivity contribution in [3.05, 3.63) is 59.9 Å². The van der Waals surface area contributed by atoms with E-state index in [0.29, 0.717) is 28.3 Å². The SMILES string of the molecule is COC(=O)[C@H]1CC(O[Si](C(C)C)(C(C)C)C(C)C)=C2c3ccccc3N(S(=O)(=O)c3ccc(OC)cc3)[C@H]2[C@@H]1C(=O)N1CCOC1=O. The second kappa shape index (κ2) is 13.0. The molecule has 47 heavy (non-hydrogen) atoms. The standard InChI is InChI=1S/C34H44N2O9SSi/c1-20(2)47(21(3)4,22(5)6)45-28-19-26(33(38)43-8)30(32(37)35-17-18-44-34(35)39)31-29(28)25-11-9-10-12-27(25)36(31)46(40,41)24-15-13-23(42-7)14-16-24/h9-16,20-22,26,30-31H,17-19H2,1-8H3/t26-,30+,31+/m0/s1. The van der Waals surface area contributed by atoms with Crippen molar-refractivity contribution in [2.75, 3.05) is 31.7 Å². The van der Waals surface area contributed by atoms with Crippen LogP contribution in [-0.2, 0) is 33.5 Å². The summed E-state index contributed by atoms with van der Waals surface area (Å²) in [6.07, 6.45) is -0.833. The zero-order valence-corrected chi connectivity index (χ0v) is 30.0. The number of esters is 1. The molecule has 254 valence electrons. The Kier molecular flexibility index (Phi) is 9.53. The van der Waals surface area contributed by atoms with Crippen molar-refractivity contribution >= 4 is 47.6 Å². The van der Waals surface area contributed by atoms with E-state index in [9.17, 15) is 22.8 Å². The molecule has 0 aromatic heterocycles. The van der Waals surface area contributed by atoms with E-state index in [2.05, 4.69) is 41.5 Å². The molecule has 11 nitrogen and oxygen atoms in total. The number of hydrogen-bond acceptors (Lipinski definition) is 9. The number of anilines is 1. The molecule has 1 aliphatic carbocycles. The summed E-state index contributed by atoms with van der Waals surface area (Å²) >= 11 is 0. The third-order valence-corrected chi connectivity index (χ3v) is 17.7. The Morgan fingerprint density at radius 1 is 0.936 bits per heavy atom. The highest BCUT2D eigenvalue weighted by atomic mass is 32.2. The number of para-hydroxylation sites is 1. The van der Waals surface area contributed by atoms with E-state index in [0.717, 1.165) is 4.90 Å². The molecule has 5 rings (SSSR count). The van der Waals surface area contributed by atoms with Gasteiger partial charge in [0.1, 0.15) is 12.4 Å². The van der Waals surface area contributed by atoms with Crippen LogP contribution >= 0.6 is 0 Å². The van der Waals surface area contributed by atoms with Gasteiger partial charge in [-0.25, -0.2) is 18.1 Å². The van der Waals surface area contributed by atoms with Gasteiger partial charge in [-0.3, -0.25) is 13.9 Å². The zero-order chi connectivity index (χ0) is 34.4. The maximum absolute atomic E-state index is 14.8. The smallest absolute Gasteiger partial charge is 0.416 e. The summed E-state index contributed by atoms with van der Waals surface area (Å²) in [4.78, 5) is 41.8. The molecule has 0 saturated carbocycles. The van der Waals surface area contributed by atoms with E-state index in [1.165, 1.54) is 30.7 Å². The highest BCUT2D eigenvalue weighted by Crippen LogP contribution is 2.55. The van der Waals surface area contributed by atoms with Crippen LogP contribution in [0, 0.1) is 11.8 Å². The molecule has 3 aliphatic rings. The lowest BCUT2D eigenvalue weighted by Crippen LogP contribution is -2.56. The highest BCUT2D eigenvalue weighted by Gasteiger charge is 2.59. The van der Waals surface area contributed by atoms with Crippen molar-refractivity contribution < 1.29 is 41.4 Å². The van der Waals surface area contributed by atoms with E-state index >= 15 is 0 Å². The van der Waals surface area contributed by atoms with Crippen LogP contribution in [0.5, 0.6) is 5.75 Å². The molecule has 3 atom stereocenters. The minimum absolute atomic E-state index is 0.00127. The summed E-state index contributed by atoms with van der Waals surface area (Å²) in [6.45, 7) is 12.8. The first kappa shape index (κ1) is 34.5. The van der Waals surface area contributed by atoms with Gasteiger partial charge in [-0.1, -0.05) is 59.7 Å². The number of nitrogens with zero attached hydrogens (tertiary/aromatic N) is 2. The molecular weight excluding hydrogens is 641 g/mol. The third kappa shape index (κ3) is 5.60. The zero-order valence-electron chi connectivity index (χ0n) is 28.2. The normalized spacial score (nSPS) is 21.3. The Bertz CT molecular complexity index is 1670. The third-order valence-electron chi connectivity index (χ3n) is 9.90. The molecule has 2 aliphatic heterocycles. The van der Waals surface area contributed by atoms with Gasteiger partial charge in [0.15, 0.2) is 0 Å². The number of ether oxygens (including phenoxy) is 3. The van der Waals surface area contributed by atoms with Crippen LogP contribution in [0.15, 0.2) is 59.2 Å². The van der Waals surface area contributed by atoms with Gasteiger partial charge in [-0.05, 0) is 47.0 Å². The number of benzene rings is 2. The average Bonchev–Trinajstić information content (AvgIpc) is 3.63. The number of imide groups is 1. The monoisotopic (exact) mass is 684 g/mol. The molecule has 0 radical (unpaired) electrons. The van der Waals surface area contributed by atoms with Crippen molar-refractivity contribution in [1.29, 1.82) is 0 Å². The van der Waals surface area contributed by atoms with Crippen molar-refractivity contribution in [3.8, 4) is 5.75 Å². The molecular formula is C34H44N2O9SSi. The fraction of sp³-hybridized carbons (Fsp3) is 0.500. The summed E-state index contributed by atoms with van der Waals surface area (Å²) in [5, 5.41) is 0. The molecule has 1 fully saturated rings. The summed E-state index contributed by atoms with van der Waals surface area (Å²) in [5.41, 5.74) is 1.97. The number of hydrogen-bond donors (Lipinski definition) is 0. The number of sulfonamides is 1. The first-order chi connectivity index (χ1) is 22.2. The molecule has 0 bridgehead atoms. The minimum atomic E-state index is -4.36. The second-order valence-electron chi connectivity index (χ2n) is 13.2. The number of methoxy groups -OCH3 is 2. The molecule has 2 aromatic carbocycles. The van der Waals surface area contributed by atoms with Crippen molar-refractivity contribution in [2.24, 2.45) is 11.8 Å². The number of rotatable bonds is 10. The number of fused-ring (bicyclic) bond motifs is 3. The Morgan fingerprint density at radius 2 is 1.55 bits per heavy atom. The highest BCUT2D eigenvalue weighted by molar-refractivity contribution is 7.93.